The van der Waals surface area contributed by atoms with E-state index in [1.807, 2.05) is 6.92 Å². The van der Waals surface area contributed by atoms with Crippen LogP contribution in [-0.4, -0.2) is 17.4 Å². The molecule has 0 radical (unpaired) electrons. The van der Waals surface area contributed by atoms with Gasteiger partial charge in [-0.2, -0.15) is 0 Å². The summed E-state index contributed by atoms with van der Waals surface area (Å²) in [5.74, 6) is -0.754. The molecule has 0 saturated heterocycles. The quantitative estimate of drug-likeness (QED) is 0.880. The second-order valence-electron chi connectivity index (χ2n) is 3.60. The smallest absolute Gasteiger partial charge is 0.263 e. The van der Waals surface area contributed by atoms with E-state index >= 15 is 0 Å². The van der Waals surface area contributed by atoms with Crippen LogP contribution in [-0.2, 0) is 0 Å². The van der Waals surface area contributed by atoms with Crippen LogP contribution in [0.15, 0.2) is 12.4 Å². The number of anilines is 1. The van der Waals surface area contributed by atoms with Crippen LogP contribution >= 0.6 is 11.3 Å². The molecule has 3 N–H and O–H groups in total. The van der Waals surface area contributed by atoms with Crippen molar-refractivity contribution in [1.82, 2.24) is 10.3 Å². The Morgan fingerprint density at radius 2 is 2.35 bits per heavy atom. The molecule has 0 aromatic carbocycles. The maximum atomic E-state index is 13.5. The van der Waals surface area contributed by atoms with E-state index in [0.29, 0.717) is 16.1 Å². The third-order valence-electron chi connectivity index (χ3n) is 2.33. The first-order chi connectivity index (χ1) is 8.15. The highest BCUT2D eigenvalue weighted by Gasteiger charge is 2.18. The highest BCUT2D eigenvalue weighted by Crippen LogP contribution is 2.34. The second kappa shape index (κ2) is 4.67. The molecule has 0 spiro atoms. The van der Waals surface area contributed by atoms with Crippen molar-refractivity contribution in [3.05, 3.63) is 23.1 Å². The average molecular weight is 253 g/mol. The van der Waals surface area contributed by atoms with Crippen LogP contribution in [0.25, 0.3) is 10.1 Å². The number of nitrogens with one attached hydrogen (secondary N) is 1. The monoisotopic (exact) mass is 253 g/mol. The molecule has 0 saturated carbocycles. The zero-order valence-corrected chi connectivity index (χ0v) is 10.1. The summed E-state index contributed by atoms with van der Waals surface area (Å²) < 4.78 is 14.1. The number of halogens is 1. The number of pyridine rings is 1. The number of aromatic nitrogens is 1. The minimum absolute atomic E-state index is 0.193. The van der Waals surface area contributed by atoms with E-state index in [-0.39, 0.29) is 17.0 Å². The Hall–Kier alpha value is -1.69. The van der Waals surface area contributed by atoms with Crippen molar-refractivity contribution in [2.24, 2.45) is 0 Å². The van der Waals surface area contributed by atoms with E-state index in [9.17, 15) is 9.18 Å². The summed E-state index contributed by atoms with van der Waals surface area (Å²) in [7, 11) is 0. The van der Waals surface area contributed by atoms with Gasteiger partial charge in [-0.05, 0) is 6.42 Å². The van der Waals surface area contributed by atoms with E-state index in [4.69, 9.17) is 5.73 Å². The molecule has 0 fully saturated rings. The SMILES string of the molecule is CCCNC(=O)c1sc2cncc(F)c2c1N. The van der Waals surface area contributed by atoms with Gasteiger partial charge in [0.25, 0.3) is 5.91 Å². The predicted molar refractivity (Wildman–Crippen MR) is 66.6 cm³/mol. The molecule has 0 bridgehead atoms. The normalized spacial score (nSPS) is 10.7. The van der Waals surface area contributed by atoms with Crippen LogP contribution < -0.4 is 11.1 Å². The first kappa shape index (κ1) is 11.8. The van der Waals surface area contributed by atoms with Crippen LogP contribution in [0.1, 0.15) is 23.0 Å². The fraction of sp³-hybridized carbons (Fsp3) is 0.273. The van der Waals surface area contributed by atoms with Gasteiger partial charge in [0, 0.05) is 12.7 Å². The molecule has 0 aliphatic rings. The van der Waals surface area contributed by atoms with Crippen LogP contribution in [0.5, 0.6) is 0 Å². The van der Waals surface area contributed by atoms with E-state index in [0.717, 1.165) is 24.0 Å². The molecule has 0 unspecified atom stereocenters. The highest BCUT2D eigenvalue weighted by atomic mass is 32.1. The lowest BCUT2D eigenvalue weighted by molar-refractivity contribution is 0.0958. The van der Waals surface area contributed by atoms with Gasteiger partial charge >= 0.3 is 0 Å². The Balaban J connectivity index is 2.46. The summed E-state index contributed by atoms with van der Waals surface area (Å²) in [5, 5.41) is 3.00. The third kappa shape index (κ3) is 2.08. The summed E-state index contributed by atoms with van der Waals surface area (Å²) in [6.07, 6.45) is 3.45. The van der Waals surface area contributed by atoms with Crippen molar-refractivity contribution in [3.63, 3.8) is 0 Å². The van der Waals surface area contributed by atoms with Gasteiger partial charge in [-0.3, -0.25) is 9.78 Å². The van der Waals surface area contributed by atoms with E-state index in [1.54, 1.807) is 0 Å². The number of fused-ring (bicyclic) bond motifs is 1. The second-order valence-corrected chi connectivity index (χ2v) is 4.65. The van der Waals surface area contributed by atoms with Crippen molar-refractivity contribution in [1.29, 1.82) is 0 Å². The minimum Gasteiger partial charge on any atom is -0.397 e. The standard InChI is InChI=1S/C11H12FN3OS/c1-2-3-15-11(16)10-9(13)8-6(12)4-14-5-7(8)17-10/h4-5H,2-3,13H2,1H3,(H,15,16). The van der Waals surface area contributed by atoms with Crippen molar-refractivity contribution in [2.75, 3.05) is 12.3 Å². The van der Waals surface area contributed by atoms with Gasteiger partial charge in [0.05, 0.1) is 22.0 Å². The lowest BCUT2D eigenvalue weighted by atomic mass is 10.2. The number of nitrogen functional groups attached to an aromatic ring is 1. The topological polar surface area (TPSA) is 68.0 Å². The molecular formula is C11H12FN3OS. The lowest BCUT2D eigenvalue weighted by Crippen LogP contribution is -2.23. The fourth-order valence-corrected chi connectivity index (χ4v) is 2.54. The molecule has 90 valence electrons. The molecule has 0 aliphatic heterocycles. The molecule has 2 aromatic rings. The molecule has 6 heteroatoms. The van der Waals surface area contributed by atoms with Crippen LogP contribution in [0.4, 0.5) is 10.1 Å². The number of carbonyl (C=O) groups is 1. The number of carbonyl (C=O) groups excluding carboxylic acids is 1. The first-order valence-electron chi connectivity index (χ1n) is 5.24. The Morgan fingerprint density at radius 3 is 3.00 bits per heavy atom. The van der Waals surface area contributed by atoms with Gasteiger partial charge in [0.1, 0.15) is 4.88 Å². The van der Waals surface area contributed by atoms with Gasteiger partial charge in [0.15, 0.2) is 5.82 Å². The maximum Gasteiger partial charge on any atom is 0.263 e. The Bertz CT molecular complexity index is 567. The molecule has 4 nitrogen and oxygen atoms in total. The number of hydrogen-bond donors (Lipinski definition) is 2. The zero-order chi connectivity index (χ0) is 12.4. The van der Waals surface area contributed by atoms with Gasteiger partial charge < -0.3 is 11.1 Å². The van der Waals surface area contributed by atoms with Gasteiger partial charge in [0.2, 0.25) is 0 Å². The predicted octanol–water partition coefficient (Wildman–Crippen LogP) is 2.16. The van der Waals surface area contributed by atoms with Crippen LogP contribution in [0.2, 0.25) is 0 Å². The van der Waals surface area contributed by atoms with Gasteiger partial charge in [-0.25, -0.2) is 4.39 Å². The van der Waals surface area contributed by atoms with Crippen molar-refractivity contribution < 1.29 is 9.18 Å². The van der Waals surface area contributed by atoms with Gasteiger partial charge in [-0.15, -0.1) is 11.3 Å². The number of thiophene rings is 1. The maximum absolute atomic E-state index is 13.5. The zero-order valence-electron chi connectivity index (χ0n) is 9.29. The summed E-state index contributed by atoms with van der Waals surface area (Å²) in [5.41, 5.74) is 5.99. The van der Waals surface area contributed by atoms with Crippen LogP contribution in [0.3, 0.4) is 0 Å². The third-order valence-corrected chi connectivity index (χ3v) is 3.47. The first-order valence-corrected chi connectivity index (χ1v) is 6.06. The van der Waals surface area contributed by atoms with Crippen molar-refractivity contribution in [3.8, 4) is 0 Å². The summed E-state index contributed by atoms with van der Waals surface area (Å²) in [6.45, 7) is 2.53. The van der Waals surface area contributed by atoms with E-state index < -0.39 is 5.82 Å². The number of nitrogens with zero attached hydrogens (tertiary/aromatic N) is 1. The molecule has 2 aromatic heterocycles. The Kier molecular flexibility index (Phi) is 3.23. The van der Waals surface area contributed by atoms with E-state index in [2.05, 4.69) is 10.3 Å². The molecule has 17 heavy (non-hydrogen) atoms. The van der Waals surface area contributed by atoms with Crippen LogP contribution in [0, 0.1) is 5.82 Å². The van der Waals surface area contributed by atoms with E-state index in [1.165, 1.54) is 6.20 Å². The average Bonchev–Trinajstić information content (AvgIpc) is 2.65. The Morgan fingerprint density at radius 1 is 1.59 bits per heavy atom. The molecule has 0 atom stereocenters. The summed E-state index contributed by atoms with van der Waals surface area (Å²) in [4.78, 5) is 15.9. The number of nitrogens with two attached hydrogens (primary N) is 1. The molecular weight excluding hydrogens is 241 g/mol. The minimum atomic E-state index is -0.495. The molecule has 0 aliphatic carbocycles. The number of amides is 1. The van der Waals surface area contributed by atoms with Crippen molar-refractivity contribution in [2.45, 2.75) is 13.3 Å². The largest absolute Gasteiger partial charge is 0.397 e. The fourth-order valence-electron chi connectivity index (χ4n) is 1.52. The Labute approximate surface area is 102 Å². The lowest BCUT2D eigenvalue weighted by Gasteiger charge is -2.01. The van der Waals surface area contributed by atoms with Crippen molar-refractivity contribution >= 4 is 33.0 Å². The number of rotatable bonds is 3. The molecule has 2 heterocycles. The number of hydrogen-bond acceptors (Lipinski definition) is 4. The van der Waals surface area contributed by atoms with Gasteiger partial charge in [-0.1, -0.05) is 6.92 Å². The molecule has 2 rings (SSSR count). The summed E-state index contributed by atoms with van der Waals surface area (Å²) >= 11 is 1.16. The molecule has 1 amide bonds. The summed E-state index contributed by atoms with van der Waals surface area (Å²) in [6, 6.07) is 0. The highest BCUT2D eigenvalue weighted by molar-refractivity contribution is 7.21.